The molecule has 1 N–H and O–H groups in total. The molecule has 0 aliphatic rings. The molecule has 0 spiro atoms. The van der Waals surface area contributed by atoms with Crippen molar-refractivity contribution in [3.05, 3.63) is 64.9 Å². The molecular formula is C22H26ClN3O. The summed E-state index contributed by atoms with van der Waals surface area (Å²) in [5.74, 6) is 1.11. The van der Waals surface area contributed by atoms with E-state index in [2.05, 4.69) is 29.8 Å². The molecule has 1 amide bonds. The number of carbonyl (C=O) groups excluding carboxylic acids is 1. The monoisotopic (exact) mass is 383 g/mol. The number of nitrogens with one attached hydrogen (secondary N) is 1. The fourth-order valence-electron chi connectivity index (χ4n) is 3.35. The van der Waals surface area contributed by atoms with Crippen molar-refractivity contribution in [3.63, 3.8) is 0 Å². The van der Waals surface area contributed by atoms with Crippen molar-refractivity contribution < 1.29 is 4.79 Å². The van der Waals surface area contributed by atoms with Gasteiger partial charge in [-0.25, -0.2) is 4.98 Å². The largest absolute Gasteiger partial charge is 0.356 e. The maximum absolute atomic E-state index is 12.1. The molecule has 5 heteroatoms. The zero-order valence-electron chi connectivity index (χ0n) is 15.9. The molecule has 27 heavy (non-hydrogen) atoms. The summed E-state index contributed by atoms with van der Waals surface area (Å²) in [5, 5.41) is 3.76. The number of fused-ring (bicyclic) bond motifs is 1. The number of para-hydroxylation sites is 2. The van der Waals surface area contributed by atoms with Gasteiger partial charge >= 0.3 is 0 Å². The summed E-state index contributed by atoms with van der Waals surface area (Å²) in [6.45, 7) is 4.93. The van der Waals surface area contributed by atoms with E-state index in [1.807, 2.05) is 42.5 Å². The molecule has 0 radical (unpaired) electrons. The molecule has 0 bridgehead atoms. The van der Waals surface area contributed by atoms with Gasteiger partial charge in [0.1, 0.15) is 5.82 Å². The Bertz CT molecular complexity index is 900. The topological polar surface area (TPSA) is 46.9 Å². The van der Waals surface area contributed by atoms with Gasteiger partial charge in [-0.1, -0.05) is 35.9 Å². The summed E-state index contributed by atoms with van der Waals surface area (Å²) >= 11 is 5.89. The summed E-state index contributed by atoms with van der Waals surface area (Å²) in [6, 6.07) is 16.3. The van der Waals surface area contributed by atoms with E-state index in [1.165, 1.54) is 5.56 Å². The second kappa shape index (κ2) is 9.05. The number of aromatic nitrogens is 2. The van der Waals surface area contributed by atoms with Crippen LogP contribution in [0.3, 0.4) is 0 Å². The van der Waals surface area contributed by atoms with Gasteiger partial charge in [-0.3, -0.25) is 4.79 Å². The Kier molecular flexibility index (Phi) is 6.51. The molecule has 0 saturated carbocycles. The van der Waals surface area contributed by atoms with Gasteiger partial charge in [0.15, 0.2) is 0 Å². The number of carbonyl (C=O) groups is 1. The predicted molar refractivity (Wildman–Crippen MR) is 111 cm³/mol. The zero-order valence-corrected chi connectivity index (χ0v) is 16.7. The lowest BCUT2D eigenvalue weighted by atomic mass is 10.1. The predicted octanol–water partition coefficient (Wildman–Crippen LogP) is 4.95. The molecule has 0 aliphatic carbocycles. The van der Waals surface area contributed by atoms with Crippen LogP contribution >= 0.6 is 11.6 Å². The highest BCUT2D eigenvalue weighted by molar-refractivity contribution is 6.30. The number of nitrogens with zero attached hydrogens (tertiary/aromatic N) is 2. The summed E-state index contributed by atoms with van der Waals surface area (Å²) < 4.78 is 2.25. The van der Waals surface area contributed by atoms with E-state index in [-0.39, 0.29) is 5.91 Å². The molecule has 4 nitrogen and oxygen atoms in total. The molecule has 142 valence electrons. The molecule has 1 heterocycles. The molecule has 0 unspecified atom stereocenters. The van der Waals surface area contributed by atoms with Gasteiger partial charge in [0, 0.05) is 30.5 Å². The van der Waals surface area contributed by atoms with E-state index in [1.54, 1.807) is 0 Å². The van der Waals surface area contributed by atoms with Crippen LogP contribution in [0.2, 0.25) is 5.02 Å². The van der Waals surface area contributed by atoms with Crippen LogP contribution in [0.25, 0.3) is 11.0 Å². The van der Waals surface area contributed by atoms with Gasteiger partial charge in [0.2, 0.25) is 5.91 Å². The molecule has 1 aromatic heterocycles. The van der Waals surface area contributed by atoms with Crippen molar-refractivity contribution in [2.75, 3.05) is 6.54 Å². The lowest BCUT2D eigenvalue weighted by Gasteiger charge is -2.13. The highest BCUT2D eigenvalue weighted by Gasteiger charge is 2.13. The van der Waals surface area contributed by atoms with E-state index in [9.17, 15) is 4.79 Å². The van der Waals surface area contributed by atoms with Gasteiger partial charge in [-0.15, -0.1) is 0 Å². The SMILES string of the molecule is CC(C)n1c(CCNC(=O)CCCc2ccc(Cl)cc2)nc2ccccc21. The Morgan fingerprint density at radius 3 is 2.59 bits per heavy atom. The van der Waals surface area contributed by atoms with Crippen LogP contribution in [0.1, 0.15) is 44.1 Å². The third kappa shape index (κ3) is 5.10. The third-order valence-corrected chi connectivity index (χ3v) is 4.89. The minimum atomic E-state index is 0.0937. The Balaban J connectivity index is 1.48. The normalized spacial score (nSPS) is 11.3. The Labute approximate surface area is 165 Å². The molecule has 2 aromatic carbocycles. The van der Waals surface area contributed by atoms with Crippen LogP contribution in [0, 0.1) is 0 Å². The first-order valence-electron chi connectivity index (χ1n) is 9.51. The van der Waals surface area contributed by atoms with Crippen LogP contribution in [0.15, 0.2) is 48.5 Å². The third-order valence-electron chi connectivity index (χ3n) is 4.64. The zero-order chi connectivity index (χ0) is 19.2. The summed E-state index contributed by atoms with van der Waals surface area (Å²) in [6.07, 6.45) is 2.98. The number of halogens is 1. The van der Waals surface area contributed by atoms with Crippen LogP contribution in [0.4, 0.5) is 0 Å². The van der Waals surface area contributed by atoms with E-state index < -0.39 is 0 Å². The number of aryl methyl sites for hydroxylation is 1. The maximum atomic E-state index is 12.1. The first kappa shape index (κ1) is 19.4. The summed E-state index contributed by atoms with van der Waals surface area (Å²) in [4.78, 5) is 16.8. The fraction of sp³-hybridized carbons (Fsp3) is 0.364. The highest BCUT2D eigenvalue weighted by atomic mass is 35.5. The second-order valence-electron chi connectivity index (χ2n) is 7.06. The smallest absolute Gasteiger partial charge is 0.220 e. The number of benzene rings is 2. The molecular weight excluding hydrogens is 358 g/mol. The average Bonchev–Trinajstić information content (AvgIpc) is 3.02. The van der Waals surface area contributed by atoms with Gasteiger partial charge in [-0.2, -0.15) is 0 Å². The minimum Gasteiger partial charge on any atom is -0.356 e. The van der Waals surface area contributed by atoms with Gasteiger partial charge in [0.05, 0.1) is 11.0 Å². The number of hydrogen-bond donors (Lipinski definition) is 1. The summed E-state index contributed by atoms with van der Waals surface area (Å²) in [7, 11) is 0. The van der Waals surface area contributed by atoms with Crippen molar-refractivity contribution in [1.29, 1.82) is 0 Å². The van der Waals surface area contributed by atoms with Crippen LogP contribution in [0.5, 0.6) is 0 Å². The van der Waals surface area contributed by atoms with Crippen LogP contribution < -0.4 is 5.32 Å². The highest BCUT2D eigenvalue weighted by Crippen LogP contribution is 2.21. The molecule has 3 rings (SSSR count). The first-order chi connectivity index (χ1) is 13.0. The second-order valence-corrected chi connectivity index (χ2v) is 7.50. The van der Waals surface area contributed by atoms with E-state index in [4.69, 9.17) is 16.6 Å². The van der Waals surface area contributed by atoms with Crippen molar-refractivity contribution in [1.82, 2.24) is 14.9 Å². The van der Waals surface area contributed by atoms with Gasteiger partial charge in [0.25, 0.3) is 0 Å². The maximum Gasteiger partial charge on any atom is 0.220 e. The van der Waals surface area contributed by atoms with Crippen molar-refractivity contribution in [2.24, 2.45) is 0 Å². The van der Waals surface area contributed by atoms with E-state index >= 15 is 0 Å². The van der Waals surface area contributed by atoms with Crippen molar-refractivity contribution >= 4 is 28.5 Å². The molecule has 0 aliphatic heterocycles. The number of amides is 1. The van der Waals surface area contributed by atoms with E-state index in [0.29, 0.717) is 19.0 Å². The number of rotatable bonds is 8. The fourth-order valence-corrected chi connectivity index (χ4v) is 3.48. The van der Waals surface area contributed by atoms with E-state index in [0.717, 1.165) is 41.1 Å². The number of imidazole rings is 1. The Morgan fingerprint density at radius 1 is 1.11 bits per heavy atom. The lowest BCUT2D eigenvalue weighted by Crippen LogP contribution is -2.26. The minimum absolute atomic E-state index is 0.0937. The number of hydrogen-bond acceptors (Lipinski definition) is 2. The molecule has 3 aromatic rings. The van der Waals surface area contributed by atoms with Crippen LogP contribution in [-0.4, -0.2) is 22.0 Å². The van der Waals surface area contributed by atoms with Crippen molar-refractivity contribution in [3.8, 4) is 0 Å². The molecule has 0 saturated heterocycles. The average molecular weight is 384 g/mol. The van der Waals surface area contributed by atoms with Crippen molar-refractivity contribution in [2.45, 2.75) is 45.6 Å². The molecule has 0 atom stereocenters. The standard InChI is InChI=1S/C22H26ClN3O/c1-16(2)26-20-8-4-3-7-19(20)25-21(26)14-15-24-22(27)9-5-6-17-10-12-18(23)13-11-17/h3-4,7-8,10-13,16H,5-6,9,14-15H2,1-2H3,(H,24,27). The van der Waals surface area contributed by atoms with Crippen LogP contribution in [-0.2, 0) is 17.6 Å². The van der Waals surface area contributed by atoms with Gasteiger partial charge in [-0.05, 0) is 56.5 Å². The first-order valence-corrected chi connectivity index (χ1v) is 9.89. The lowest BCUT2D eigenvalue weighted by molar-refractivity contribution is -0.121. The summed E-state index contributed by atoms with van der Waals surface area (Å²) in [5.41, 5.74) is 3.37. The van der Waals surface area contributed by atoms with Gasteiger partial charge < -0.3 is 9.88 Å². The Morgan fingerprint density at radius 2 is 1.85 bits per heavy atom. The quantitative estimate of drug-likeness (QED) is 0.598. The Hall–Kier alpha value is -2.33. The molecule has 0 fully saturated rings.